The van der Waals surface area contributed by atoms with Gasteiger partial charge < -0.3 is 20.7 Å². The number of benzene rings is 1. The second-order valence-corrected chi connectivity index (χ2v) is 5.65. The van der Waals surface area contributed by atoms with Gasteiger partial charge in [-0.25, -0.2) is 0 Å². The lowest BCUT2D eigenvalue weighted by molar-refractivity contribution is -0.120. The number of nitrogens with zero attached hydrogens (tertiary/aromatic N) is 1. The minimum atomic E-state index is 0.0184. The number of nitrogens with two attached hydrogens (primary N) is 1. The van der Waals surface area contributed by atoms with Gasteiger partial charge in [-0.2, -0.15) is 0 Å². The molecule has 0 bridgehead atoms. The van der Waals surface area contributed by atoms with E-state index in [4.69, 9.17) is 10.5 Å². The van der Waals surface area contributed by atoms with E-state index in [1.54, 1.807) is 7.11 Å². The Morgan fingerprint density at radius 2 is 2.29 bits per heavy atom. The van der Waals surface area contributed by atoms with E-state index in [1.807, 2.05) is 25.1 Å². The van der Waals surface area contributed by atoms with Crippen LogP contribution in [0.4, 0.5) is 5.69 Å². The third-order valence-corrected chi connectivity index (χ3v) is 3.78. The molecule has 5 heteroatoms. The molecule has 0 spiro atoms. The van der Waals surface area contributed by atoms with Crippen molar-refractivity contribution >= 4 is 11.6 Å². The van der Waals surface area contributed by atoms with E-state index in [2.05, 4.69) is 16.3 Å². The topological polar surface area (TPSA) is 67.6 Å². The van der Waals surface area contributed by atoms with Gasteiger partial charge in [-0.15, -0.1) is 0 Å². The first-order valence-corrected chi connectivity index (χ1v) is 7.49. The fourth-order valence-corrected chi connectivity index (χ4v) is 2.82. The Hall–Kier alpha value is -1.59. The average molecular weight is 291 g/mol. The minimum Gasteiger partial charge on any atom is -0.383 e. The van der Waals surface area contributed by atoms with Crippen molar-refractivity contribution < 1.29 is 9.53 Å². The molecule has 0 fully saturated rings. The van der Waals surface area contributed by atoms with Crippen molar-refractivity contribution in [1.82, 2.24) is 5.32 Å². The van der Waals surface area contributed by atoms with E-state index >= 15 is 0 Å². The van der Waals surface area contributed by atoms with Gasteiger partial charge in [0, 0.05) is 31.4 Å². The van der Waals surface area contributed by atoms with Crippen LogP contribution < -0.4 is 16.0 Å². The molecule has 1 aliphatic heterocycles. The van der Waals surface area contributed by atoms with Crippen molar-refractivity contribution in [3.05, 3.63) is 29.8 Å². The maximum atomic E-state index is 12.2. The number of amides is 1. The zero-order chi connectivity index (χ0) is 15.2. The fourth-order valence-electron chi connectivity index (χ4n) is 2.82. The molecular formula is C16H25N3O2. The Bertz CT molecular complexity index is 478. The fraction of sp³-hybridized carbons (Fsp3) is 0.562. The summed E-state index contributed by atoms with van der Waals surface area (Å²) < 4.78 is 5.04. The van der Waals surface area contributed by atoms with Gasteiger partial charge >= 0.3 is 0 Å². The van der Waals surface area contributed by atoms with Crippen LogP contribution in [0.15, 0.2) is 24.3 Å². The summed E-state index contributed by atoms with van der Waals surface area (Å²) in [6.07, 6.45) is 1.95. The molecule has 5 nitrogen and oxygen atoms in total. The van der Waals surface area contributed by atoms with Gasteiger partial charge in [-0.05, 0) is 31.4 Å². The van der Waals surface area contributed by atoms with Crippen LogP contribution in [0.5, 0.6) is 0 Å². The summed E-state index contributed by atoms with van der Waals surface area (Å²) in [5.41, 5.74) is 8.43. The summed E-state index contributed by atoms with van der Waals surface area (Å²) in [5.74, 6) is 0.0184. The molecule has 0 radical (unpaired) electrons. The molecule has 0 aromatic heterocycles. The Labute approximate surface area is 126 Å². The third kappa shape index (κ3) is 4.19. The van der Waals surface area contributed by atoms with Gasteiger partial charge in [0.15, 0.2) is 0 Å². The van der Waals surface area contributed by atoms with E-state index in [0.717, 1.165) is 30.6 Å². The van der Waals surface area contributed by atoms with Gasteiger partial charge in [0.1, 0.15) is 0 Å². The first-order chi connectivity index (χ1) is 10.1. The van der Waals surface area contributed by atoms with Gasteiger partial charge in [0.05, 0.1) is 13.2 Å². The van der Waals surface area contributed by atoms with Crippen LogP contribution in [0, 0.1) is 0 Å². The first kappa shape index (κ1) is 15.8. The van der Waals surface area contributed by atoms with Crippen molar-refractivity contribution in [3.8, 4) is 0 Å². The van der Waals surface area contributed by atoms with Crippen LogP contribution in [0.3, 0.4) is 0 Å². The van der Waals surface area contributed by atoms with Gasteiger partial charge in [0.2, 0.25) is 5.91 Å². The predicted octanol–water partition coefficient (Wildman–Crippen LogP) is 1.44. The summed E-state index contributed by atoms with van der Waals surface area (Å²) in [5, 5.41) is 2.95. The highest BCUT2D eigenvalue weighted by molar-refractivity contribution is 5.82. The van der Waals surface area contributed by atoms with E-state index in [-0.39, 0.29) is 18.0 Å². The molecule has 1 aliphatic rings. The van der Waals surface area contributed by atoms with Crippen LogP contribution in [-0.4, -0.2) is 38.8 Å². The lowest BCUT2D eigenvalue weighted by atomic mass is 10.0. The molecule has 2 rings (SSSR count). The number of hydrogen-bond donors (Lipinski definition) is 2. The molecule has 21 heavy (non-hydrogen) atoms. The highest BCUT2D eigenvalue weighted by Gasteiger charge is 2.21. The van der Waals surface area contributed by atoms with Crippen LogP contribution in [0.2, 0.25) is 0 Å². The van der Waals surface area contributed by atoms with Crippen molar-refractivity contribution in [1.29, 1.82) is 0 Å². The zero-order valence-corrected chi connectivity index (χ0v) is 12.8. The maximum Gasteiger partial charge on any atom is 0.239 e. The summed E-state index contributed by atoms with van der Waals surface area (Å²) in [6, 6.07) is 8.18. The minimum absolute atomic E-state index is 0.0184. The number of anilines is 1. The lowest BCUT2D eigenvalue weighted by Crippen LogP contribution is -2.43. The molecule has 1 aromatic rings. The van der Waals surface area contributed by atoms with E-state index in [1.165, 1.54) is 0 Å². The Morgan fingerprint density at radius 1 is 1.52 bits per heavy atom. The van der Waals surface area contributed by atoms with Crippen LogP contribution in [0.25, 0.3) is 0 Å². The molecule has 1 heterocycles. The first-order valence-electron chi connectivity index (χ1n) is 7.49. The summed E-state index contributed by atoms with van der Waals surface area (Å²) in [4.78, 5) is 14.3. The largest absolute Gasteiger partial charge is 0.383 e. The number of nitrogens with one attached hydrogen (secondary N) is 1. The van der Waals surface area contributed by atoms with Crippen molar-refractivity contribution in [2.45, 2.75) is 31.8 Å². The molecule has 1 amide bonds. The smallest absolute Gasteiger partial charge is 0.239 e. The van der Waals surface area contributed by atoms with Gasteiger partial charge in [-0.1, -0.05) is 18.2 Å². The number of para-hydroxylation sites is 1. The van der Waals surface area contributed by atoms with Gasteiger partial charge in [-0.3, -0.25) is 4.79 Å². The number of rotatable bonds is 5. The van der Waals surface area contributed by atoms with Crippen LogP contribution >= 0.6 is 0 Å². The standard InChI is InChI=1S/C16H25N3O2/c1-12(11-21-2)18-16(20)10-19-9-5-7-14(17)13-6-3-4-8-15(13)19/h3-4,6,8,12,14H,5,7,9-11,17H2,1-2H3,(H,18,20). The zero-order valence-electron chi connectivity index (χ0n) is 12.8. The second-order valence-electron chi connectivity index (χ2n) is 5.65. The Kier molecular flexibility index (Phi) is 5.59. The second kappa shape index (κ2) is 7.43. The summed E-state index contributed by atoms with van der Waals surface area (Å²) in [6.45, 7) is 3.68. The molecule has 0 saturated carbocycles. The molecule has 0 aliphatic carbocycles. The van der Waals surface area contributed by atoms with E-state index in [0.29, 0.717) is 13.2 Å². The quantitative estimate of drug-likeness (QED) is 0.861. The normalized spacial score (nSPS) is 19.6. The molecule has 3 N–H and O–H groups in total. The number of methoxy groups -OCH3 is 1. The Morgan fingerprint density at radius 3 is 3.05 bits per heavy atom. The van der Waals surface area contributed by atoms with Crippen molar-refractivity contribution in [3.63, 3.8) is 0 Å². The maximum absolute atomic E-state index is 12.2. The number of hydrogen-bond acceptors (Lipinski definition) is 4. The average Bonchev–Trinajstić information content (AvgIpc) is 2.60. The van der Waals surface area contributed by atoms with Crippen LogP contribution in [0.1, 0.15) is 31.4 Å². The molecule has 2 unspecified atom stereocenters. The Balaban J connectivity index is 2.06. The predicted molar refractivity (Wildman–Crippen MR) is 84.3 cm³/mol. The van der Waals surface area contributed by atoms with Gasteiger partial charge in [0.25, 0.3) is 0 Å². The number of fused-ring (bicyclic) bond motifs is 1. The summed E-state index contributed by atoms with van der Waals surface area (Å²) in [7, 11) is 1.63. The van der Waals surface area contributed by atoms with Crippen molar-refractivity contribution in [2.24, 2.45) is 5.73 Å². The molecular weight excluding hydrogens is 266 g/mol. The molecule has 116 valence electrons. The third-order valence-electron chi connectivity index (χ3n) is 3.78. The van der Waals surface area contributed by atoms with Crippen LogP contribution in [-0.2, 0) is 9.53 Å². The SMILES string of the molecule is COCC(C)NC(=O)CN1CCCC(N)c2ccccc21. The van der Waals surface area contributed by atoms with E-state index in [9.17, 15) is 4.79 Å². The number of carbonyl (C=O) groups excluding carboxylic acids is 1. The molecule has 0 saturated heterocycles. The highest BCUT2D eigenvalue weighted by atomic mass is 16.5. The van der Waals surface area contributed by atoms with E-state index < -0.39 is 0 Å². The number of ether oxygens (including phenoxy) is 1. The summed E-state index contributed by atoms with van der Waals surface area (Å²) >= 11 is 0. The highest BCUT2D eigenvalue weighted by Crippen LogP contribution is 2.30. The van der Waals surface area contributed by atoms with Crippen molar-refractivity contribution in [2.75, 3.05) is 31.7 Å². The lowest BCUT2D eigenvalue weighted by Gasteiger charge is -2.25. The number of carbonyl (C=O) groups is 1. The molecule has 2 atom stereocenters. The molecule has 1 aromatic carbocycles. The monoisotopic (exact) mass is 291 g/mol.